The number of hydrogen-bond acceptors (Lipinski definition) is 3. The van der Waals surface area contributed by atoms with Crippen molar-refractivity contribution in [1.29, 1.82) is 0 Å². The second-order valence-corrected chi connectivity index (χ2v) is 4.44. The molecule has 4 nitrogen and oxygen atoms in total. The van der Waals surface area contributed by atoms with E-state index < -0.39 is 0 Å². The summed E-state index contributed by atoms with van der Waals surface area (Å²) >= 11 is 0. The first-order valence-corrected chi connectivity index (χ1v) is 6.00. The summed E-state index contributed by atoms with van der Waals surface area (Å²) in [6.07, 6.45) is 0.620. The number of halogens is 1. The minimum absolute atomic E-state index is 0.0473. The van der Waals surface area contributed by atoms with Crippen LogP contribution in [0.2, 0.25) is 0 Å². The quantitative estimate of drug-likeness (QED) is 0.835. The Morgan fingerprint density at radius 3 is 3.11 bits per heavy atom. The monoisotopic (exact) mass is 252 g/mol. The molecular formula is C13H17FN2O2. The molecule has 1 aromatic carbocycles. The third-order valence-corrected chi connectivity index (χ3v) is 3.06. The van der Waals surface area contributed by atoms with Crippen LogP contribution in [-0.2, 0) is 11.2 Å². The Labute approximate surface area is 106 Å². The summed E-state index contributed by atoms with van der Waals surface area (Å²) in [5.41, 5.74) is 0.884. The predicted octanol–water partition coefficient (Wildman–Crippen LogP) is 0.853. The molecule has 0 spiro atoms. The third-order valence-electron chi connectivity index (χ3n) is 3.06. The number of benzene rings is 1. The maximum atomic E-state index is 13.0. The Morgan fingerprint density at radius 1 is 1.61 bits per heavy atom. The molecule has 0 radical (unpaired) electrons. The molecule has 5 heteroatoms. The molecule has 1 aromatic rings. The van der Waals surface area contributed by atoms with Crippen LogP contribution in [0.25, 0.3) is 0 Å². The summed E-state index contributed by atoms with van der Waals surface area (Å²) in [4.78, 5) is 11.3. The van der Waals surface area contributed by atoms with Crippen LogP contribution in [-0.4, -0.2) is 31.6 Å². The molecule has 0 bridgehead atoms. The molecule has 0 saturated heterocycles. The molecule has 18 heavy (non-hydrogen) atoms. The van der Waals surface area contributed by atoms with E-state index in [-0.39, 0.29) is 23.9 Å². The molecule has 0 fully saturated rings. The first-order chi connectivity index (χ1) is 8.60. The van der Waals surface area contributed by atoms with Crippen molar-refractivity contribution in [3.63, 3.8) is 0 Å². The zero-order chi connectivity index (χ0) is 13.1. The number of fused-ring (bicyclic) bond motifs is 1. The van der Waals surface area contributed by atoms with Crippen molar-refractivity contribution in [2.45, 2.75) is 25.5 Å². The summed E-state index contributed by atoms with van der Waals surface area (Å²) in [6.45, 7) is 2.35. The summed E-state index contributed by atoms with van der Waals surface area (Å²) in [6, 6.07) is 4.27. The van der Waals surface area contributed by atoms with Crippen molar-refractivity contribution in [2.75, 3.05) is 13.6 Å². The van der Waals surface area contributed by atoms with Gasteiger partial charge in [-0.05, 0) is 25.1 Å². The third kappa shape index (κ3) is 2.79. The average Bonchev–Trinajstić information content (AvgIpc) is 2.76. The number of nitrogens with one attached hydrogen (secondary N) is 2. The maximum absolute atomic E-state index is 13.0. The fraction of sp³-hybridized carbons (Fsp3) is 0.462. The molecule has 1 aliphatic rings. The Morgan fingerprint density at radius 2 is 2.39 bits per heavy atom. The van der Waals surface area contributed by atoms with E-state index >= 15 is 0 Å². The highest BCUT2D eigenvalue weighted by molar-refractivity contribution is 5.80. The lowest BCUT2D eigenvalue weighted by Gasteiger charge is -2.16. The van der Waals surface area contributed by atoms with Crippen molar-refractivity contribution in [3.8, 4) is 5.75 Å². The number of rotatable bonds is 4. The van der Waals surface area contributed by atoms with Gasteiger partial charge in [-0.3, -0.25) is 4.79 Å². The lowest BCUT2D eigenvalue weighted by atomic mass is 10.1. The van der Waals surface area contributed by atoms with Crippen molar-refractivity contribution in [2.24, 2.45) is 0 Å². The lowest BCUT2D eigenvalue weighted by molar-refractivity contribution is -0.122. The number of carbonyl (C=O) groups is 1. The van der Waals surface area contributed by atoms with E-state index in [2.05, 4.69) is 10.6 Å². The molecule has 2 N–H and O–H groups in total. The fourth-order valence-corrected chi connectivity index (χ4v) is 2.02. The van der Waals surface area contributed by atoms with Gasteiger partial charge in [-0.2, -0.15) is 0 Å². The molecule has 2 rings (SSSR count). The highest BCUT2D eigenvalue weighted by Gasteiger charge is 2.24. The molecule has 0 saturated carbocycles. The Kier molecular flexibility index (Phi) is 3.81. The van der Waals surface area contributed by atoms with Gasteiger partial charge >= 0.3 is 0 Å². The SMILES string of the molecule is CNC(=O)C(C)NCC1Cc2cc(F)ccc2O1. The van der Waals surface area contributed by atoms with Gasteiger partial charge in [-0.25, -0.2) is 4.39 Å². The number of likely N-dealkylation sites (N-methyl/N-ethyl adjacent to an activating group) is 1. The number of carbonyl (C=O) groups excluding carboxylic acids is 1. The normalized spacial score (nSPS) is 18.9. The highest BCUT2D eigenvalue weighted by Crippen LogP contribution is 2.28. The van der Waals surface area contributed by atoms with Crippen molar-refractivity contribution >= 4 is 5.91 Å². The molecule has 0 aromatic heterocycles. The molecule has 98 valence electrons. The highest BCUT2D eigenvalue weighted by atomic mass is 19.1. The Bertz CT molecular complexity index is 451. The van der Waals surface area contributed by atoms with Crippen molar-refractivity contribution in [1.82, 2.24) is 10.6 Å². The molecule has 1 aliphatic heterocycles. The second-order valence-electron chi connectivity index (χ2n) is 4.44. The van der Waals surface area contributed by atoms with Crippen LogP contribution < -0.4 is 15.4 Å². The van der Waals surface area contributed by atoms with Gasteiger partial charge in [0.25, 0.3) is 0 Å². The van der Waals surface area contributed by atoms with Crippen molar-refractivity contribution < 1.29 is 13.9 Å². The van der Waals surface area contributed by atoms with Gasteiger partial charge in [0.05, 0.1) is 6.04 Å². The van der Waals surface area contributed by atoms with Gasteiger partial charge in [0.15, 0.2) is 0 Å². The second kappa shape index (κ2) is 5.35. The molecule has 2 atom stereocenters. The van der Waals surface area contributed by atoms with E-state index in [9.17, 15) is 9.18 Å². The van der Waals surface area contributed by atoms with E-state index in [1.165, 1.54) is 12.1 Å². The van der Waals surface area contributed by atoms with Crippen LogP contribution >= 0.6 is 0 Å². The van der Waals surface area contributed by atoms with Crippen LogP contribution in [0.4, 0.5) is 4.39 Å². The maximum Gasteiger partial charge on any atom is 0.236 e. The van der Waals surface area contributed by atoms with Crippen LogP contribution in [0.5, 0.6) is 5.75 Å². The zero-order valence-electron chi connectivity index (χ0n) is 10.5. The summed E-state index contributed by atoms with van der Waals surface area (Å²) in [5, 5.41) is 5.67. The number of hydrogen-bond donors (Lipinski definition) is 2. The molecule has 1 amide bonds. The predicted molar refractivity (Wildman–Crippen MR) is 66.1 cm³/mol. The number of amides is 1. The first kappa shape index (κ1) is 12.8. The Hall–Kier alpha value is -1.62. The van der Waals surface area contributed by atoms with Crippen LogP contribution in [0.1, 0.15) is 12.5 Å². The van der Waals surface area contributed by atoms with Gasteiger partial charge < -0.3 is 15.4 Å². The fourth-order valence-electron chi connectivity index (χ4n) is 2.02. The first-order valence-electron chi connectivity index (χ1n) is 6.00. The molecule has 1 heterocycles. The molecule has 0 aliphatic carbocycles. The van der Waals surface area contributed by atoms with Gasteiger partial charge in [0.2, 0.25) is 5.91 Å². The average molecular weight is 252 g/mol. The topological polar surface area (TPSA) is 50.4 Å². The zero-order valence-corrected chi connectivity index (χ0v) is 10.5. The van der Waals surface area contributed by atoms with Gasteiger partial charge in [0, 0.05) is 25.6 Å². The molecule has 2 unspecified atom stereocenters. The lowest BCUT2D eigenvalue weighted by Crippen LogP contribution is -2.44. The minimum Gasteiger partial charge on any atom is -0.488 e. The van der Waals surface area contributed by atoms with E-state index in [1.807, 2.05) is 0 Å². The summed E-state index contributed by atoms with van der Waals surface area (Å²) < 4.78 is 18.7. The van der Waals surface area contributed by atoms with E-state index in [0.29, 0.717) is 13.0 Å². The number of ether oxygens (including phenoxy) is 1. The standard InChI is InChI=1S/C13H17FN2O2/c1-8(13(17)15-2)16-7-11-6-9-5-10(14)3-4-12(9)18-11/h3-5,8,11,16H,6-7H2,1-2H3,(H,15,17). The van der Waals surface area contributed by atoms with Crippen LogP contribution in [0, 0.1) is 5.82 Å². The largest absolute Gasteiger partial charge is 0.488 e. The van der Waals surface area contributed by atoms with Gasteiger partial charge in [0.1, 0.15) is 17.7 Å². The molecular weight excluding hydrogens is 235 g/mol. The van der Waals surface area contributed by atoms with Gasteiger partial charge in [-0.1, -0.05) is 0 Å². The van der Waals surface area contributed by atoms with Crippen LogP contribution in [0.3, 0.4) is 0 Å². The van der Waals surface area contributed by atoms with Crippen LogP contribution in [0.15, 0.2) is 18.2 Å². The Balaban J connectivity index is 1.86. The van der Waals surface area contributed by atoms with E-state index in [4.69, 9.17) is 4.74 Å². The smallest absolute Gasteiger partial charge is 0.236 e. The van der Waals surface area contributed by atoms with Crippen molar-refractivity contribution in [3.05, 3.63) is 29.6 Å². The van der Waals surface area contributed by atoms with Gasteiger partial charge in [-0.15, -0.1) is 0 Å². The summed E-state index contributed by atoms with van der Waals surface area (Å²) in [7, 11) is 1.60. The van der Waals surface area contributed by atoms with E-state index in [0.717, 1.165) is 11.3 Å². The van der Waals surface area contributed by atoms with E-state index in [1.54, 1.807) is 20.0 Å². The minimum atomic E-state index is -0.265. The summed E-state index contributed by atoms with van der Waals surface area (Å²) in [5.74, 6) is 0.428.